The quantitative estimate of drug-likeness (QED) is 0.592. The molecular formula is C15H24BrNO. The zero-order valence-electron chi connectivity index (χ0n) is 11.2. The van der Waals surface area contributed by atoms with Crippen LogP contribution in [-0.4, -0.2) is 17.8 Å². The van der Waals surface area contributed by atoms with Crippen molar-refractivity contribution in [3.63, 3.8) is 0 Å². The van der Waals surface area contributed by atoms with Gasteiger partial charge in [0.1, 0.15) is 0 Å². The van der Waals surface area contributed by atoms with Crippen molar-refractivity contribution in [1.29, 1.82) is 0 Å². The summed E-state index contributed by atoms with van der Waals surface area (Å²) in [7, 11) is 0. The number of rotatable bonds is 6. The molecule has 3 aliphatic carbocycles. The van der Waals surface area contributed by atoms with Gasteiger partial charge in [0.05, 0.1) is 0 Å². The van der Waals surface area contributed by atoms with Crippen LogP contribution in [0.3, 0.4) is 0 Å². The van der Waals surface area contributed by atoms with Gasteiger partial charge in [-0.05, 0) is 61.7 Å². The number of halogens is 1. The van der Waals surface area contributed by atoms with E-state index in [4.69, 9.17) is 0 Å². The van der Waals surface area contributed by atoms with E-state index in [-0.39, 0.29) is 0 Å². The number of fused-ring (bicyclic) bond motifs is 5. The average molecular weight is 314 g/mol. The Kier molecular flexibility index (Phi) is 3.70. The molecule has 0 aromatic heterocycles. The Labute approximate surface area is 118 Å². The van der Waals surface area contributed by atoms with Crippen LogP contribution in [-0.2, 0) is 4.79 Å². The minimum Gasteiger partial charge on any atom is -0.356 e. The molecule has 3 saturated carbocycles. The number of carbonyl (C=O) groups excluding carboxylic acids is 1. The second-order valence-electron chi connectivity index (χ2n) is 6.71. The largest absolute Gasteiger partial charge is 0.356 e. The summed E-state index contributed by atoms with van der Waals surface area (Å²) in [5.41, 5.74) is 0. The van der Waals surface area contributed by atoms with Crippen LogP contribution in [0, 0.1) is 35.5 Å². The zero-order valence-corrected chi connectivity index (χ0v) is 12.8. The Bertz CT molecular complexity index is 316. The summed E-state index contributed by atoms with van der Waals surface area (Å²) in [6, 6.07) is 0. The van der Waals surface area contributed by atoms with Crippen LogP contribution in [0.1, 0.15) is 39.0 Å². The highest BCUT2D eigenvalue weighted by atomic mass is 79.9. The van der Waals surface area contributed by atoms with Crippen molar-refractivity contribution < 1.29 is 4.79 Å². The molecule has 2 nitrogen and oxygen atoms in total. The van der Waals surface area contributed by atoms with E-state index in [0.29, 0.717) is 11.8 Å². The summed E-state index contributed by atoms with van der Waals surface area (Å²) < 4.78 is 0. The van der Waals surface area contributed by atoms with Crippen molar-refractivity contribution in [1.82, 2.24) is 5.32 Å². The van der Waals surface area contributed by atoms with E-state index >= 15 is 0 Å². The second-order valence-corrected chi connectivity index (χ2v) is 7.35. The van der Waals surface area contributed by atoms with Crippen LogP contribution >= 0.6 is 15.9 Å². The summed E-state index contributed by atoms with van der Waals surface area (Å²) >= 11 is 3.49. The molecule has 0 aromatic carbocycles. The average Bonchev–Trinajstić information content (AvgIpc) is 2.83. The van der Waals surface area contributed by atoms with E-state index in [2.05, 4.69) is 28.2 Å². The second kappa shape index (κ2) is 5.15. The van der Waals surface area contributed by atoms with E-state index in [1.807, 2.05) is 0 Å². The summed E-state index contributed by atoms with van der Waals surface area (Å²) in [5.74, 6) is 4.87. The highest BCUT2D eigenvalue weighted by Gasteiger charge is 2.67. The minimum absolute atomic E-state index is 0.369. The first-order valence-electron chi connectivity index (χ1n) is 7.56. The van der Waals surface area contributed by atoms with Crippen LogP contribution in [0.2, 0.25) is 0 Å². The van der Waals surface area contributed by atoms with Crippen LogP contribution in [0.25, 0.3) is 0 Å². The molecule has 2 bridgehead atoms. The highest BCUT2D eigenvalue weighted by Crippen LogP contribution is 2.69. The van der Waals surface area contributed by atoms with E-state index in [1.165, 1.54) is 25.7 Å². The third-order valence-corrected chi connectivity index (χ3v) is 6.58. The maximum absolute atomic E-state index is 12.1. The normalized spacial score (nSPS) is 41.6. The van der Waals surface area contributed by atoms with Gasteiger partial charge in [-0.1, -0.05) is 22.9 Å². The lowest BCUT2D eigenvalue weighted by Gasteiger charge is -2.10. The van der Waals surface area contributed by atoms with Gasteiger partial charge in [0.2, 0.25) is 5.91 Å². The van der Waals surface area contributed by atoms with Crippen molar-refractivity contribution in [2.45, 2.75) is 39.0 Å². The SMILES string of the molecule is CC(CBr)CCCNC(=O)C1C2C3CCC(C3)C12. The smallest absolute Gasteiger partial charge is 0.223 e. The fourth-order valence-corrected chi connectivity index (χ4v) is 4.86. The molecule has 5 atom stereocenters. The first kappa shape index (κ1) is 13.0. The van der Waals surface area contributed by atoms with Gasteiger partial charge in [0.15, 0.2) is 0 Å². The van der Waals surface area contributed by atoms with Crippen LogP contribution in [0.4, 0.5) is 0 Å². The van der Waals surface area contributed by atoms with Crippen molar-refractivity contribution in [3.05, 3.63) is 0 Å². The minimum atomic E-state index is 0.369. The lowest BCUT2D eigenvalue weighted by Crippen LogP contribution is -2.28. The Morgan fingerprint density at radius 3 is 2.61 bits per heavy atom. The van der Waals surface area contributed by atoms with Crippen molar-refractivity contribution in [2.75, 3.05) is 11.9 Å². The lowest BCUT2D eigenvalue weighted by molar-refractivity contribution is -0.123. The molecule has 3 fully saturated rings. The van der Waals surface area contributed by atoms with E-state index in [0.717, 1.165) is 47.9 Å². The van der Waals surface area contributed by atoms with Crippen LogP contribution in [0.15, 0.2) is 0 Å². The molecule has 3 heteroatoms. The fourth-order valence-electron chi connectivity index (χ4n) is 4.53. The standard InChI is InChI=1S/C15H24BrNO/c1-9(8-16)3-2-6-17-15(18)14-12-10-4-5-11(7-10)13(12)14/h9-14H,2-8H2,1H3,(H,17,18). The summed E-state index contributed by atoms with van der Waals surface area (Å²) in [6.07, 6.45) is 6.56. The number of hydrogen-bond acceptors (Lipinski definition) is 1. The van der Waals surface area contributed by atoms with Gasteiger partial charge in [0, 0.05) is 17.8 Å². The molecular weight excluding hydrogens is 290 g/mol. The number of carbonyl (C=O) groups is 1. The van der Waals surface area contributed by atoms with Gasteiger partial charge in [-0.15, -0.1) is 0 Å². The maximum atomic E-state index is 12.1. The Hall–Kier alpha value is -0.0500. The van der Waals surface area contributed by atoms with Gasteiger partial charge in [-0.3, -0.25) is 4.79 Å². The fraction of sp³-hybridized carbons (Fsp3) is 0.933. The van der Waals surface area contributed by atoms with E-state index in [9.17, 15) is 4.79 Å². The summed E-state index contributed by atoms with van der Waals surface area (Å²) in [4.78, 5) is 12.1. The Morgan fingerprint density at radius 2 is 2.00 bits per heavy atom. The molecule has 18 heavy (non-hydrogen) atoms. The molecule has 5 unspecified atom stereocenters. The number of nitrogens with one attached hydrogen (secondary N) is 1. The van der Waals surface area contributed by atoms with Crippen molar-refractivity contribution in [3.8, 4) is 0 Å². The van der Waals surface area contributed by atoms with Gasteiger partial charge >= 0.3 is 0 Å². The first-order chi connectivity index (χ1) is 8.72. The summed E-state index contributed by atoms with van der Waals surface area (Å²) in [5, 5.41) is 4.23. The Morgan fingerprint density at radius 1 is 1.33 bits per heavy atom. The summed E-state index contributed by atoms with van der Waals surface area (Å²) in [6.45, 7) is 3.13. The number of alkyl halides is 1. The van der Waals surface area contributed by atoms with Gasteiger partial charge in [-0.25, -0.2) is 0 Å². The first-order valence-corrected chi connectivity index (χ1v) is 8.68. The highest BCUT2D eigenvalue weighted by molar-refractivity contribution is 9.09. The molecule has 0 heterocycles. The maximum Gasteiger partial charge on any atom is 0.223 e. The van der Waals surface area contributed by atoms with Crippen LogP contribution in [0.5, 0.6) is 0 Å². The number of hydrogen-bond donors (Lipinski definition) is 1. The van der Waals surface area contributed by atoms with E-state index < -0.39 is 0 Å². The molecule has 0 radical (unpaired) electrons. The molecule has 0 saturated heterocycles. The lowest BCUT2D eigenvalue weighted by atomic mass is 10.0. The topological polar surface area (TPSA) is 29.1 Å². The monoisotopic (exact) mass is 313 g/mol. The van der Waals surface area contributed by atoms with Gasteiger partial charge in [-0.2, -0.15) is 0 Å². The van der Waals surface area contributed by atoms with E-state index in [1.54, 1.807) is 0 Å². The predicted octanol–water partition coefficient (Wildman–Crippen LogP) is 3.21. The zero-order chi connectivity index (χ0) is 12.7. The molecule has 0 aromatic rings. The molecule has 3 rings (SSSR count). The molecule has 3 aliphatic rings. The Balaban J connectivity index is 1.37. The number of amides is 1. The third-order valence-electron chi connectivity index (χ3n) is 5.47. The molecule has 0 aliphatic heterocycles. The predicted molar refractivity (Wildman–Crippen MR) is 76.5 cm³/mol. The molecule has 1 N–H and O–H groups in total. The van der Waals surface area contributed by atoms with Crippen molar-refractivity contribution in [2.24, 2.45) is 35.5 Å². The third kappa shape index (κ3) is 2.23. The molecule has 1 amide bonds. The van der Waals surface area contributed by atoms with Crippen LogP contribution < -0.4 is 5.32 Å². The molecule has 102 valence electrons. The van der Waals surface area contributed by atoms with Gasteiger partial charge in [0.25, 0.3) is 0 Å². The van der Waals surface area contributed by atoms with Gasteiger partial charge < -0.3 is 5.32 Å². The molecule has 0 spiro atoms. The van der Waals surface area contributed by atoms with Crippen molar-refractivity contribution >= 4 is 21.8 Å².